The molecule has 0 aromatic heterocycles. The topological polar surface area (TPSA) is 26.7 Å². The average molecular weight is 449 g/mol. The highest BCUT2D eigenvalue weighted by molar-refractivity contribution is 5.37. The minimum Gasteiger partial charge on any atom is -0.379 e. The number of rotatable bonds is 7. The third-order valence-electron chi connectivity index (χ3n) is 6.96. The summed E-state index contributed by atoms with van der Waals surface area (Å²) in [6.07, 6.45) is 0. The van der Waals surface area contributed by atoms with E-state index in [1.54, 1.807) is 0 Å². The highest BCUT2D eigenvalue weighted by Gasteiger charge is 2.35. The molecule has 0 aliphatic carbocycles. The molecule has 1 aliphatic rings. The summed E-state index contributed by atoms with van der Waals surface area (Å²) >= 11 is 0. The number of hydrogen-bond donors (Lipinski definition) is 1. The van der Waals surface area contributed by atoms with Crippen molar-refractivity contribution in [2.75, 3.05) is 32.7 Å². The maximum absolute atomic E-state index is 12.0. The Morgan fingerprint density at radius 1 is 0.559 bits per heavy atom. The molecule has 0 amide bonds. The van der Waals surface area contributed by atoms with Crippen molar-refractivity contribution in [1.29, 1.82) is 0 Å². The fraction of sp³-hybridized carbons (Fsp3) is 0.226. The molecule has 0 saturated carbocycles. The second-order valence-electron chi connectivity index (χ2n) is 9.13. The Balaban J connectivity index is 1.36. The van der Waals surface area contributed by atoms with E-state index in [1.165, 1.54) is 11.1 Å². The number of piperazine rings is 1. The van der Waals surface area contributed by atoms with E-state index in [1.807, 2.05) is 60.7 Å². The van der Waals surface area contributed by atoms with Crippen LogP contribution in [0.4, 0.5) is 0 Å². The number of β-amino-alcohol motifs (C(OH)–C–C–N with tert-alkyl or cyclic N) is 1. The van der Waals surface area contributed by atoms with E-state index >= 15 is 0 Å². The highest BCUT2D eigenvalue weighted by atomic mass is 16.3. The molecule has 0 atom stereocenters. The summed E-state index contributed by atoms with van der Waals surface area (Å²) in [5.74, 6) is 0. The van der Waals surface area contributed by atoms with Crippen LogP contribution in [0.3, 0.4) is 0 Å². The predicted octanol–water partition coefficient (Wildman–Crippen LogP) is 5.33. The zero-order chi connectivity index (χ0) is 23.2. The minimum absolute atomic E-state index is 0.242. The summed E-state index contributed by atoms with van der Waals surface area (Å²) in [5, 5.41) is 12.0. The van der Waals surface area contributed by atoms with Gasteiger partial charge in [0.1, 0.15) is 5.60 Å². The zero-order valence-electron chi connectivity index (χ0n) is 19.5. The Hall–Kier alpha value is -3.24. The normalized spacial score (nSPS) is 15.5. The van der Waals surface area contributed by atoms with Crippen LogP contribution in [0.15, 0.2) is 121 Å². The maximum Gasteiger partial charge on any atom is 0.127 e. The standard InChI is InChI=1S/C31H32N2O/c34-31(28-17-9-3-10-18-28,29-19-11-4-12-20-29)25-32-21-23-33(24-22-32)30(26-13-5-1-6-14-26)27-15-7-2-8-16-27/h1-20,30,34H,21-25H2. The van der Waals surface area contributed by atoms with Crippen LogP contribution >= 0.6 is 0 Å². The number of hydrogen-bond acceptors (Lipinski definition) is 3. The van der Waals surface area contributed by atoms with Gasteiger partial charge in [-0.25, -0.2) is 0 Å². The quantitative estimate of drug-likeness (QED) is 0.414. The van der Waals surface area contributed by atoms with Gasteiger partial charge in [0.15, 0.2) is 0 Å². The number of nitrogens with zero attached hydrogens (tertiary/aromatic N) is 2. The molecule has 1 N–H and O–H groups in total. The van der Waals surface area contributed by atoms with E-state index in [2.05, 4.69) is 70.5 Å². The molecule has 4 aromatic carbocycles. The molecule has 0 unspecified atom stereocenters. The van der Waals surface area contributed by atoms with Crippen LogP contribution in [0, 0.1) is 0 Å². The molecule has 0 bridgehead atoms. The maximum atomic E-state index is 12.0. The van der Waals surface area contributed by atoms with Crippen LogP contribution in [-0.2, 0) is 5.60 Å². The molecule has 1 saturated heterocycles. The molecule has 34 heavy (non-hydrogen) atoms. The van der Waals surface area contributed by atoms with E-state index < -0.39 is 5.60 Å². The van der Waals surface area contributed by atoms with Crippen molar-refractivity contribution in [2.45, 2.75) is 11.6 Å². The van der Waals surface area contributed by atoms with Crippen molar-refractivity contribution in [2.24, 2.45) is 0 Å². The molecule has 1 fully saturated rings. The van der Waals surface area contributed by atoms with Crippen molar-refractivity contribution < 1.29 is 5.11 Å². The molecule has 0 radical (unpaired) electrons. The third-order valence-corrected chi connectivity index (χ3v) is 6.96. The zero-order valence-corrected chi connectivity index (χ0v) is 19.5. The van der Waals surface area contributed by atoms with Gasteiger partial charge in [0, 0.05) is 32.7 Å². The first-order valence-electron chi connectivity index (χ1n) is 12.1. The van der Waals surface area contributed by atoms with Gasteiger partial charge in [-0.05, 0) is 22.3 Å². The Kier molecular flexibility index (Phi) is 6.87. The fourth-order valence-electron chi connectivity index (χ4n) is 5.16. The van der Waals surface area contributed by atoms with Crippen LogP contribution in [-0.4, -0.2) is 47.6 Å². The molecular weight excluding hydrogens is 416 g/mol. The molecule has 1 aliphatic heterocycles. The lowest BCUT2D eigenvalue weighted by Crippen LogP contribution is -2.52. The van der Waals surface area contributed by atoms with Crippen LogP contribution in [0.5, 0.6) is 0 Å². The van der Waals surface area contributed by atoms with Crippen molar-refractivity contribution >= 4 is 0 Å². The molecule has 0 spiro atoms. The Morgan fingerprint density at radius 2 is 0.941 bits per heavy atom. The summed E-state index contributed by atoms with van der Waals surface area (Å²) in [6.45, 7) is 4.31. The number of aliphatic hydroxyl groups is 1. The Labute approximate surface area is 202 Å². The lowest BCUT2D eigenvalue weighted by Gasteiger charge is -2.42. The van der Waals surface area contributed by atoms with Crippen LogP contribution in [0.2, 0.25) is 0 Å². The van der Waals surface area contributed by atoms with Crippen LogP contribution in [0.1, 0.15) is 28.3 Å². The summed E-state index contributed by atoms with van der Waals surface area (Å²) < 4.78 is 0. The SMILES string of the molecule is OC(CN1CCN(C(c2ccccc2)c2ccccc2)CC1)(c1ccccc1)c1ccccc1. The highest BCUT2D eigenvalue weighted by Crippen LogP contribution is 2.33. The number of benzene rings is 4. The lowest BCUT2D eigenvalue weighted by molar-refractivity contribution is 0.0125. The molecule has 1 heterocycles. The fourth-order valence-corrected chi connectivity index (χ4v) is 5.16. The van der Waals surface area contributed by atoms with Gasteiger partial charge in [0.2, 0.25) is 0 Å². The average Bonchev–Trinajstić information content (AvgIpc) is 2.92. The first kappa shape index (κ1) is 22.5. The monoisotopic (exact) mass is 448 g/mol. The van der Waals surface area contributed by atoms with Crippen molar-refractivity contribution in [3.63, 3.8) is 0 Å². The smallest absolute Gasteiger partial charge is 0.127 e. The van der Waals surface area contributed by atoms with Gasteiger partial charge in [0.05, 0.1) is 6.04 Å². The molecular formula is C31H32N2O. The van der Waals surface area contributed by atoms with E-state index in [4.69, 9.17) is 0 Å². The molecule has 4 aromatic rings. The van der Waals surface area contributed by atoms with E-state index in [9.17, 15) is 5.11 Å². The predicted molar refractivity (Wildman–Crippen MR) is 139 cm³/mol. The van der Waals surface area contributed by atoms with Crippen LogP contribution in [0.25, 0.3) is 0 Å². The largest absolute Gasteiger partial charge is 0.379 e. The third kappa shape index (κ3) is 4.83. The molecule has 3 heteroatoms. The van der Waals surface area contributed by atoms with Crippen molar-refractivity contribution in [3.05, 3.63) is 144 Å². The lowest BCUT2D eigenvalue weighted by atomic mass is 9.85. The molecule has 172 valence electrons. The first-order chi connectivity index (χ1) is 16.7. The second kappa shape index (κ2) is 10.4. The van der Waals surface area contributed by atoms with Gasteiger partial charge in [-0.1, -0.05) is 121 Å². The minimum atomic E-state index is -1.04. The van der Waals surface area contributed by atoms with Crippen molar-refractivity contribution in [1.82, 2.24) is 9.80 Å². The van der Waals surface area contributed by atoms with Crippen LogP contribution < -0.4 is 0 Å². The van der Waals surface area contributed by atoms with E-state index in [0.717, 1.165) is 37.3 Å². The first-order valence-corrected chi connectivity index (χ1v) is 12.1. The van der Waals surface area contributed by atoms with Gasteiger partial charge >= 0.3 is 0 Å². The molecule has 5 rings (SSSR count). The summed E-state index contributed by atoms with van der Waals surface area (Å²) in [4.78, 5) is 4.98. The summed E-state index contributed by atoms with van der Waals surface area (Å²) in [6, 6.07) is 42.0. The second-order valence-corrected chi connectivity index (χ2v) is 9.13. The summed E-state index contributed by atoms with van der Waals surface area (Å²) in [7, 11) is 0. The summed E-state index contributed by atoms with van der Waals surface area (Å²) in [5.41, 5.74) is 3.49. The Morgan fingerprint density at radius 3 is 1.35 bits per heavy atom. The van der Waals surface area contributed by atoms with Gasteiger partial charge in [0.25, 0.3) is 0 Å². The van der Waals surface area contributed by atoms with Gasteiger partial charge in [-0.15, -0.1) is 0 Å². The molecule has 3 nitrogen and oxygen atoms in total. The van der Waals surface area contributed by atoms with Gasteiger partial charge < -0.3 is 5.11 Å². The van der Waals surface area contributed by atoms with Gasteiger partial charge in [-0.3, -0.25) is 9.80 Å². The van der Waals surface area contributed by atoms with E-state index in [-0.39, 0.29) is 6.04 Å². The van der Waals surface area contributed by atoms with Gasteiger partial charge in [-0.2, -0.15) is 0 Å². The van der Waals surface area contributed by atoms with E-state index in [0.29, 0.717) is 6.54 Å². The van der Waals surface area contributed by atoms with Crippen molar-refractivity contribution in [3.8, 4) is 0 Å². The Bertz CT molecular complexity index is 1060.